The number of piperidine rings is 1. The van der Waals surface area contributed by atoms with E-state index in [1.165, 1.54) is 7.11 Å². The number of hydrogen-bond acceptors (Lipinski definition) is 4. The van der Waals surface area contributed by atoms with E-state index >= 15 is 0 Å². The molecule has 1 aliphatic heterocycles. The monoisotopic (exact) mass is 298 g/mol. The Labute approximate surface area is 123 Å². The Morgan fingerprint density at radius 3 is 2.95 bits per heavy atom. The molecule has 1 aliphatic rings. The lowest BCUT2D eigenvalue weighted by Crippen LogP contribution is -2.53. The van der Waals surface area contributed by atoms with Gasteiger partial charge in [0.05, 0.1) is 24.8 Å². The van der Waals surface area contributed by atoms with E-state index in [4.69, 9.17) is 21.1 Å². The highest BCUT2D eigenvalue weighted by Gasteiger charge is 2.27. The standard InChI is InChI=1S/C14H19ClN2O3/c1-19-12-4-3-9(15)7-10(12)14(18)17-11-5-6-16-8-13(11)20-2/h3-4,7,11,13,16H,5-6,8H2,1-2H3,(H,17,18). The van der Waals surface area contributed by atoms with Crippen LogP contribution in [-0.4, -0.2) is 45.4 Å². The number of halogens is 1. The van der Waals surface area contributed by atoms with Crippen molar-refractivity contribution in [3.8, 4) is 5.75 Å². The van der Waals surface area contributed by atoms with Crippen LogP contribution in [0.1, 0.15) is 16.8 Å². The number of ether oxygens (including phenoxy) is 2. The quantitative estimate of drug-likeness (QED) is 0.883. The van der Waals surface area contributed by atoms with Crippen molar-refractivity contribution in [2.45, 2.75) is 18.6 Å². The van der Waals surface area contributed by atoms with Crippen molar-refractivity contribution < 1.29 is 14.3 Å². The largest absolute Gasteiger partial charge is 0.496 e. The molecule has 1 heterocycles. The summed E-state index contributed by atoms with van der Waals surface area (Å²) in [6.07, 6.45) is 0.797. The normalized spacial score (nSPS) is 22.4. The SMILES string of the molecule is COc1ccc(Cl)cc1C(=O)NC1CCNCC1OC. The van der Waals surface area contributed by atoms with E-state index in [1.807, 2.05) is 0 Å². The minimum absolute atomic E-state index is 0.0163. The molecular weight excluding hydrogens is 280 g/mol. The van der Waals surface area contributed by atoms with Crippen molar-refractivity contribution in [1.82, 2.24) is 10.6 Å². The van der Waals surface area contributed by atoms with Gasteiger partial charge in [-0.2, -0.15) is 0 Å². The number of methoxy groups -OCH3 is 2. The predicted molar refractivity (Wildman–Crippen MR) is 77.5 cm³/mol. The molecule has 2 unspecified atom stereocenters. The molecule has 0 saturated carbocycles. The van der Waals surface area contributed by atoms with Crippen molar-refractivity contribution in [3.05, 3.63) is 28.8 Å². The molecule has 1 fully saturated rings. The molecule has 6 heteroatoms. The molecule has 110 valence electrons. The number of carbonyl (C=O) groups is 1. The number of hydrogen-bond donors (Lipinski definition) is 2. The summed E-state index contributed by atoms with van der Waals surface area (Å²) in [7, 11) is 3.18. The Morgan fingerprint density at radius 2 is 2.25 bits per heavy atom. The number of benzene rings is 1. The lowest BCUT2D eigenvalue weighted by molar-refractivity contribution is 0.0476. The summed E-state index contributed by atoms with van der Waals surface area (Å²) in [4.78, 5) is 12.4. The first-order valence-corrected chi connectivity index (χ1v) is 6.91. The summed E-state index contributed by atoms with van der Waals surface area (Å²) in [6.45, 7) is 1.59. The van der Waals surface area contributed by atoms with Gasteiger partial charge in [-0.15, -0.1) is 0 Å². The number of amides is 1. The number of nitrogens with one attached hydrogen (secondary N) is 2. The summed E-state index contributed by atoms with van der Waals surface area (Å²) < 4.78 is 10.6. The maximum atomic E-state index is 12.4. The van der Waals surface area contributed by atoms with Gasteiger partial charge < -0.3 is 20.1 Å². The molecule has 1 aromatic rings. The van der Waals surface area contributed by atoms with E-state index in [0.717, 1.165) is 19.5 Å². The molecule has 2 N–H and O–H groups in total. The van der Waals surface area contributed by atoms with E-state index in [2.05, 4.69) is 10.6 Å². The summed E-state index contributed by atoms with van der Waals surface area (Å²) in [5.74, 6) is 0.313. The molecule has 0 spiro atoms. The van der Waals surface area contributed by atoms with E-state index in [9.17, 15) is 4.79 Å². The lowest BCUT2D eigenvalue weighted by atomic mass is 10.0. The van der Waals surface area contributed by atoms with Crippen LogP contribution in [0.2, 0.25) is 5.02 Å². The van der Waals surface area contributed by atoms with Gasteiger partial charge >= 0.3 is 0 Å². The zero-order valence-electron chi connectivity index (χ0n) is 11.6. The highest BCUT2D eigenvalue weighted by molar-refractivity contribution is 6.31. The van der Waals surface area contributed by atoms with Crippen molar-refractivity contribution in [2.75, 3.05) is 27.3 Å². The van der Waals surface area contributed by atoms with E-state index in [0.29, 0.717) is 16.3 Å². The summed E-state index contributed by atoms with van der Waals surface area (Å²) in [5, 5.41) is 6.74. The van der Waals surface area contributed by atoms with E-state index in [-0.39, 0.29) is 18.1 Å². The van der Waals surface area contributed by atoms with Crippen LogP contribution < -0.4 is 15.4 Å². The third kappa shape index (κ3) is 3.42. The minimum atomic E-state index is -0.196. The van der Waals surface area contributed by atoms with Crippen molar-refractivity contribution in [2.24, 2.45) is 0 Å². The van der Waals surface area contributed by atoms with Gasteiger partial charge in [0.2, 0.25) is 0 Å². The van der Waals surface area contributed by atoms with Gasteiger partial charge in [0.15, 0.2) is 0 Å². The fourth-order valence-electron chi connectivity index (χ4n) is 2.35. The van der Waals surface area contributed by atoms with Crippen LogP contribution in [0, 0.1) is 0 Å². The zero-order chi connectivity index (χ0) is 14.5. The Balaban J connectivity index is 2.13. The Kier molecular flexibility index (Phi) is 5.23. The van der Waals surface area contributed by atoms with Crippen molar-refractivity contribution >= 4 is 17.5 Å². The average Bonchev–Trinajstić information content (AvgIpc) is 2.47. The molecule has 5 nitrogen and oxygen atoms in total. The minimum Gasteiger partial charge on any atom is -0.496 e. The zero-order valence-corrected chi connectivity index (χ0v) is 12.4. The van der Waals surface area contributed by atoms with Crippen LogP contribution in [0.3, 0.4) is 0 Å². The molecule has 1 amide bonds. The van der Waals surface area contributed by atoms with Gasteiger partial charge in [0.25, 0.3) is 5.91 Å². The van der Waals surface area contributed by atoms with Gasteiger partial charge in [-0.25, -0.2) is 0 Å². The van der Waals surface area contributed by atoms with Crippen molar-refractivity contribution in [1.29, 1.82) is 0 Å². The molecule has 0 radical (unpaired) electrons. The molecule has 2 rings (SSSR count). The molecule has 2 atom stereocenters. The fraction of sp³-hybridized carbons (Fsp3) is 0.500. The molecular formula is C14H19ClN2O3. The van der Waals surface area contributed by atoms with Gasteiger partial charge in [-0.3, -0.25) is 4.79 Å². The van der Waals surface area contributed by atoms with Gasteiger partial charge in [-0.1, -0.05) is 11.6 Å². The smallest absolute Gasteiger partial charge is 0.255 e. The van der Waals surface area contributed by atoms with Crippen LogP contribution in [0.25, 0.3) is 0 Å². The average molecular weight is 299 g/mol. The van der Waals surface area contributed by atoms with Crippen LogP contribution in [-0.2, 0) is 4.74 Å². The first-order valence-electron chi connectivity index (χ1n) is 6.53. The predicted octanol–water partition coefficient (Wildman–Crippen LogP) is 1.46. The first-order chi connectivity index (χ1) is 9.65. The van der Waals surface area contributed by atoms with Crippen LogP contribution in [0.15, 0.2) is 18.2 Å². The number of rotatable bonds is 4. The van der Waals surface area contributed by atoms with Gasteiger partial charge in [0, 0.05) is 18.7 Å². The molecule has 1 aromatic carbocycles. The molecule has 0 aliphatic carbocycles. The summed E-state index contributed by atoms with van der Waals surface area (Å²) in [6, 6.07) is 4.98. The third-order valence-corrected chi connectivity index (χ3v) is 3.69. The Hall–Kier alpha value is -1.30. The van der Waals surface area contributed by atoms with Crippen LogP contribution in [0.4, 0.5) is 0 Å². The third-order valence-electron chi connectivity index (χ3n) is 3.45. The topological polar surface area (TPSA) is 59.6 Å². The first kappa shape index (κ1) is 15.1. The molecule has 0 bridgehead atoms. The second kappa shape index (κ2) is 6.92. The lowest BCUT2D eigenvalue weighted by Gasteiger charge is -2.31. The maximum Gasteiger partial charge on any atom is 0.255 e. The molecule has 1 saturated heterocycles. The highest BCUT2D eigenvalue weighted by Crippen LogP contribution is 2.23. The molecule has 20 heavy (non-hydrogen) atoms. The van der Waals surface area contributed by atoms with Gasteiger partial charge in [0.1, 0.15) is 5.75 Å². The maximum absolute atomic E-state index is 12.4. The molecule has 0 aromatic heterocycles. The van der Waals surface area contributed by atoms with Crippen molar-refractivity contribution in [3.63, 3.8) is 0 Å². The number of carbonyl (C=O) groups excluding carboxylic acids is 1. The van der Waals surface area contributed by atoms with Crippen LogP contribution in [0.5, 0.6) is 5.75 Å². The van der Waals surface area contributed by atoms with E-state index < -0.39 is 0 Å². The second-order valence-corrected chi connectivity index (χ2v) is 5.13. The second-order valence-electron chi connectivity index (χ2n) is 4.69. The summed E-state index contributed by atoms with van der Waals surface area (Å²) in [5.41, 5.74) is 0.438. The Bertz CT molecular complexity index is 481. The Morgan fingerprint density at radius 1 is 1.45 bits per heavy atom. The van der Waals surface area contributed by atoms with Gasteiger partial charge in [-0.05, 0) is 31.2 Å². The highest BCUT2D eigenvalue weighted by atomic mass is 35.5. The fourth-order valence-corrected chi connectivity index (χ4v) is 2.52. The summed E-state index contributed by atoms with van der Waals surface area (Å²) >= 11 is 5.95. The van der Waals surface area contributed by atoms with Crippen LogP contribution >= 0.6 is 11.6 Å². The van der Waals surface area contributed by atoms with E-state index in [1.54, 1.807) is 25.3 Å².